The summed E-state index contributed by atoms with van der Waals surface area (Å²) in [5.74, 6) is 0.779. The predicted molar refractivity (Wildman–Crippen MR) is 87.2 cm³/mol. The molecule has 0 bridgehead atoms. The van der Waals surface area contributed by atoms with E-state index in [1.54, 1.807) is 0 Å². The molecule has 0 saturated heterocycles. The number of hydrogen-bond donors (Lipinski definition) is 2. The molecule has 1 aromatic rings. The van der Waals surface area contributed by atoms with Gasteiger partial charge in [-0.25, -0.2) is 0 Å². The minimum Gasteiger partial charge on any atom is -0.384 e. The van der Waals surface area contributed by atoms with E-state index in [-0.39, 0.29) is 0 Å². The molecule has 0 aliphatic heterocycles. The van der Waals surface area contributed by atoms with Gasteiger partial charge in [-0.3, -0.25) is 4.98 Å². The molecule has 0 unspecified atom stereocenters. The molecular formula is C17H29N3. The van der Waals surface area contributed by atoms with Crippen LogP contribution in [0.4, 0.5) is 11.4 Å². The Morgan fingerprint density at radius 2 is 1.80 bits per heavy atom. The van der Waals surface area contributed by atoms with Gasteiger partial charge in [0.15, 0.2) is 0 Å². The van der Waals surface area contributed by atoms with Gasteiger partial charge >= 0.3 is 0 Å². The van der Waals surface area contributed by atoms with Crippen LogP contribution in [0.1, 0.15) is 52.9 Å². The Labute approximate surface area is 123 Å². The summed E-state index contributed by atoms with van der Waals surface area (Å²) < 4.78 is 0. The molecule has 20 heavy (non-hydrogen) atoms. The maximum atomic E-state index is 4.31. The molecule has 1 saturated carbocycles. The van der Waals surface area contributed by atoms with E-state index in [9.17, 15) is 0 Å². The summed E-state index contributed by atoms with van der Waals surface area (Å²) >= 11 is 0. The van der Waals surface area contributed by atoms with Crippen LogP contribution in [0.3, 0.4) is 0 Å². The number of anilines is 2. The molecule has 0 amide bonds. The second-order valence-electron chi connectivity index (χ2n) is 6.65. The molecule has 1 fully saturated rings. The zero-order valence-corrected chi connectivity index (χ0v) is 13.2. The maximum Gasteiger partial charge on any atom is 0.0547 e. The number of aromatic nitrogens is 1. The lowest BCUT2D eigenvalue weighted by Gasteiger charge is -2.31. The third-order valence-corrected chi connectivity index (χ3v) is 4.29. The molecule has 1 heterocycles. The minimum absolute atomic E-state index is 0.502. The second-order valence-corrected chi connectivity index (χ2v) is 6.65. The van der Waals surface area contributed by atoms with E-state index in [0.717, 1.165) is 30.4 Å². The minimum atomic E-state index is 0.502. The second kappa shape index (κ2) is 6.96. The van der Waals surface area contributed by atoms with Gasteiger partial charge in [-0.05, 0) is 43.6 Å². The molecule has 2 rings (SSSR count). The van der Waals surface area contributed by atoms with Crippen molar-refractivity contribution in [3.05, 3.63) is 18.5 Å². The summed E-state index contributed by atoms with van der Waals surface area (Å²) in [5, 5.41) is 6.94. The summed E-state index contributed by atoms with van der Waals surface area (Å²) in [5.41, 5.74) is 2.74. The Morgan fingerprint density at radius 3 is 2.40 bits per heavy atom. The molecule has 1 aliphatic carbocycles. The van der Waals surface area contributed by atoms with Gasteiger partial charge in [-0.1, -0.05) is 26.7 Å². The molecule has 2 N–H and O–H groups in total. The van der Waals surface area contributed by atoms with Gasteiger partial charge in [0.25, 0.3) is 0 Å². The topological polar surface area (TPSA) is 37.0 Å². The fraction of sp³-hybridized carbons (Fsp3) is 0.706. The first kappa shape index (κ1) is 15.1. The van der Waals surface area contributed by atoms with Crippen molar-refractivity contribution in [3.8, 4) is 0 Å². The van der Waals surface area contributed by atoms with Crippen LogP contribution >= 0.6 is 0 Å². The molecule has 3 heteroatoms. The Kier molecular flexibility index (Phi) is 5.27. The van der Waals surface area contributed by atoms with Crippen molar-refractivity contribution in [2.45, 2.75) is 52.9 Å². The summed E-state index contributed by atoms with van der Waals surface area (Å²) in [6, 6.07) is 2.16. The largest absolute Gasteiger partial charge is 0.384 e. The first-order chi connectivity index (χ1) is 9.63. The third-order valence-electron chi connectivity index (χ3n) is 4.29. The first-order valence-corrected chi connectivity index (χ1v) is 8.06. The zero-order chi connectivity index (χ0) is 14.4. The van der Waals surface area contributed by atoms with Gasteiger partial charge in [0.05, 0.1) is 23.8 Å². The van der Waals surface area contributed by atoms with Crippen LogP contribution in [0.15, 0.2) is 18.5 Å². The highest BCUT2D eigenvalue weighted by Gasteiger charge is 2.34. The summed E-state index contributed by atoms with van der Waals surface area (Å²) in [6.45, 7) is 8.81. The van der Waals surface area contributed by atoms with Crippen molar-refractivity contribution in [1.29, 1.82) is 0 Å². The van der Waals surface area contributed by atoms with Crippen LogP contribution in [-0.2, 0) is 0 Å². The Hall–Kier alpha value is -1.25. The van der Waals surface area contributed by atoms with Crippen molar-refractivity contribution in [2.24, 2.45) is 11.3 Å². The van der Waals surface area contributed by atoms with Crippen LogP contribution in [-0.4, -0.2) is 18.1 Å². The molecule has 0 radical (unpaired) electrons. The molecule has 0 spiro atoms. The number of pyridine rings is 1. The SMILES string of the molecule is CCNc1cncc(NCC2(CC(C)C)CCCC2)c1. The van der Waals surface area contributed by atoms with Crippen molar-refractivity contribution < 1.29 is 0 Å². The van der Waals surface area contributed by atoms with Crippen LogP contribution in [0.25, 0.3) is 0 Å². The van der Waals surface area contributed by atoms with Crippen molar-refractivity contribution in [2.75, 3.05) is 23.7 Å². The van der Waals surface area contributed by atoms with Crippen LogP contribution < -0.4 is 10.6 Å². The van der Waals surface area contributed by atoms with Crippen LogP contribution in [0, 0.1) is 11.3 Å². The molecule has 0 aromatic carbocycles. The van der Waals surface area contributed by atoms with Gasteiger partial charge in [0.2, 0.25) is 0 Å². The molecule has 1 aliphatic rings. The molecular weight excluding hydrogens is 246 g/mol. The van der Waals surface area contributed by atoms with Crippen LogP contribution in [0.5, 0.6) is 0 Å². The standard InChI is InChI=1S/C17H29N3/c1-4-19-15-9-16(12-18-11-15)20-13-17(10-14(2)3)7-5-6-8-17/h9,11-12,14,19-20H,4-8,10,13H2,1-3H3. The smallest absolute Gasteiger partial charge is 0.0547 e. The van der Waals surface area contributed by atoms with E-state index in [1.807, 2.05) is 12.4 Å². The monoisotopic (exact) mass is 275 g/mol. The fourth-order valence-electron chi connectivity index (χ4n) is 3.57. The predicted octanol–water partition coefficient (Wildman–Crippen LogP) is 4.53. The summed E-state index contributed by atoms with van der Waals surface area (Å²) in [4.78, 5) is 4.31. The number of nitrogens with one attached hydrogen (secondary N) is 2. The highest BCUT2D eigenvalue weighted by molar-refractivity contribution is 5.54. The van der Waals surface area contributed by atoms with Gasteiger partial charge in [-0.15, -0.1) is 0 Å². The lowest BCUT2D eigenvalue weighted by Crippen LogP contribution is -2.28. The number of rotatable bonds is 7. The van der Waals surface area contributed by atoms with Crippen molar-refractivity contribution in [1.82, 2.24) is 4.98 Å². The molecule has 1 aromatic heterocycles. The Morgan fingerprint density at radius 1 is 1.15 bits per heavy atom. The van der Waals surface area contributed by atoms with E-state index in [1.165, 1.54) is 32.1 Å². The highest BCUT2D eigenvalue weighted by atomic mass is 14.9. The average molecular weight is 275 g/mol. The fourth-order valence-corrected chi connectivity index (χ4v) is 3.57. The summed E-state index contributed by atoms with van der Waals surface area (Å²) in [6.07, 6.45) is 10.7. The van der Waals surface area contributed by atoms with Gasteiger partial charge in [0.1, 0.15) is 0 Å². The lowest BCUT2D eigenvalue weighted by molar-refractivity contribution is 0.252. The number of nitrogens with zero attached hydrogens (tertiary/aromatic N) is 1. The average Bonchev–Trinajstić information content (AvgIpc) is 2.85. The third kappa shape index (κ3) is 4.12. The molecule has 112 valence electrons. The molecule has 0 atom stereocenters. The van der Waals surface area contributed by atoms with Crippen molar-refractivity contribution >= 4 is 11.4 Å². The van der Waals surface area contributed by atoms with E-state index in [2.05, 4.69) is 42.5 Å². The Bertz CT molecular complexity index is 408. The zero-order valence-electron chi connectivity index (χ0n) is 13.2. The number of hydrogen-bond acceptors (Lipinski definition) is 3. The van der Waals surface area contributed by atoms with Crippen LogP contribution in [0.2, 0.25) is 0 Å². The Balaban J connectivity index is 1.97. The van der Waals surface area contributed by atoms with Gasteiger partial charge in [0, 0.05) is 13.1 Å². The van der Waals surface area contributed by atoms with E-state index < -0.39 is 0 Å². The van der Waals surface area contributed by atoms with Gasteiger partial charge < -0.3 is 10.6 Å². The summed E-state index contributed by atoms with van der Waals surface area (Å²) in [7, 11) is 0. The highest BCUT2D eigenvalue weighted by Crippen LogP contribution is 2.43. The molecule has 3 nitrogen and oxygen atoms in total. The van der Waals surface area contributed by atoms with Gasteiger partial charge in [-0.2, -0.15) is 0 Å². The van der Waals surface area contributed by atoms with E-state index in [4.69, 9.17) is 0 Å². The quantitative estimate of drug-likeness (QED) is 0.767. The normalized spacial score (nSPS) is 17.4. The lowest BCUT2D eigenvalue weighted by atomic mass is 9.78. The first-order valence-electron chi connectivity index (χ1n) is 8.06. The maximum absolute atomic E-state index is 4.31. The van der Waals surface area contributed by atoms with E-state index in [0.29, 0.717) is 5.41 Å². The van der Waals surface area contributed by atoms with Crippen molar-refractivity contribution in [3.63, 3.8) is 0 Å². The van der Waals surface area contributed by atoms with E-state index >= 15 is 0 Å².